The Morgan fingerprint density at radius 1 is 1.47 bits per heavy atom. The van der Waals surface area contributed by atoms with Gasteiger partial charge in [-0.2, -0.15) is 0 Å². The third-order valence-electron chi connectivity index (χ3n) is 2.62. The fourth-order valence-corrected chi connectivity index (χ4v) is 1.56. The SMILES string of the molecule is CN(C)CCNCc1ccc(C(N)=O)cc1[N+](=O)[O-]. The Labute approximate surface area is 111 Å². The number of nitro benzene ring substituents is 1. The molecule has 0 spiro atoms. The van der Waals surface area contributed by atoms with E-state index < -0.39 is 10.8 Å². The molecular weight excluding hydrogens is 248 g/mol. The van der Waals surface area contributed by atoms with Crippen LogP contribution in [0.4, 0.5) is 5.69 Å². The highest BCUT2D eigenvalue weighted by molar-refractivity contribution is 5.93. The van der Waals surface area contributed by atoms with Gasteiger partial charge in [-0.25, -0.2) is 0 Å². The molecule has 1 aromatic rings. The lowest BCUT2D eigenvalue weighted by Gasteiger charge is -2.10. The molecule has 0 saturated heterocycles. The minimum absolute atomic E-state index is 0.0892. The van der Waals surface area contributed by atoms with Gasteiger partial charge in [0.2, 0.25) is 5.91 Å². The molecule has 0 fully saturated rings. The van der Waals surface area contributed by atoms with Crippen LogP contribution in [0.3, 0.4) is 0 Å². The highest BCUT2D eigenvalue weighted by atomic mass is 16.6. The number of nitro groups is 1. The van der Waals surface area contributed by atoms with Gasteiger partial charge in [0.15, 0.2) is 0 Å². The average molecular weight is 266 g/mol. The van der Waals surface area contributed by atoms with E-state index in [0.717, 1.165) is 13.1 Å². The molecule has 104 valence electrons. The van der Waals surface area contributed by atoms with Crippen LogP contribution in [0.1, 0.15) is 15.9 Å². The van der Waals surface area contributed by atoms with Crippen molar-refractivity contribution in [2.75, 3.05) is 27.2 Å². The van der Waals surface area contributed by atoms with Crippen LogP contribution < -0.4 is 11.1 Å². The van der Waals surface area contributed by atoms with E-state index in [1.54, 1.807) is 6.07 Å². The minimum Gasteiger partial charge on any atom is -0.366 e. The summed E-state index contributed by atoms with van der Waals surface area (Å²) in [6.07, 6.45) is 0. The van der Waals surface area contributed by atoms with Gasteiger partial charge in [0.05, 0.1) is 4.92 Å². The lowest BCUT2D eigenvalue weighted by atomic mass is 10.1. The largest absolute Gasteiger partial charge is 0.366 e. The number of carbonyl (C=O) groups is 1. The van der Waals surface area contributed by atoms with Crippen molar-refractivity contribution in [3.05, 3.63) is 39.4 Å². The molecule has 3 N–H and O–H groups in total. The minimum atomic E-state index is -0.671. The van der Waals surface area contributed by atoms with Gasteiger partial charge >= 0.3 is 0 Å². The molecule has 0 radical (unpaired) electrons. The number of benzene rings is 1. The molecule has 0 unspecified atom stereocenters. The molecule has 0 atom stereocenters. The van der Waals surface area contributed by atoms with Crippen LogP contribution in [0.15, 0.2) is 18.2 Å². The van der Waals surface area contributed by atoms with Crippen LogP contribution in [0, 0.1) is 10.1 Å². The molecule has 7 nitrogen and oxygen atoms in total. The van der Waals surface area contributed by atoms with Crippen molar-refractivity contribution in [1.82, 2.24) is 10.2 Å². The Balaban J connectivity index is 2.77. The van der Waals surface area contributed by atoms with Crippen LogP contribution in [-0.4, -0.2) is 42.9 Å². The van der Waals surface area contributed by atoms with Gasteiger partial charge < -0.3 is 16.0 Å². The van der Waals surface area contributed by atoms with Crippen LogP contribution in [0.5, 0.6) is 0 Å². The predicted octanol–water partition coefficient (Wildman–Crippen LogP) is 0.345. The maximum Gasteiger partial charge on any atom is 0.274 e. The normalized spacial score (nSPS) is 10.7. The summed E-state index contributed by atoms with van der Waals surface area (Å²) in [6, 6.07) is 4.27. The zero-order valence-corrected chi connectivity index (χ0v) is 11.0. The number of amides is 1. The lowest BCUT2D eigenvalue weighted by molar-refractivity contribution is -0.385. The van der Waals surface area contributed by atoms with Crippen LogP contribution in [-0.2, 0) is 6.54 Å². The number of nitrogens with one attached hydrogen (secondary N) is 1. The molecule has 0 aliphatic carbocycles. The number of nitrogens with zero attached hydrogens (tertiary/aromatic N) is 2. The number of rotatable bonds is 7. The summed E-state index contributed by atoms with van der Waals surface area (Å²) in [5.74, 6) is -0.671. The summed E-state index contributed by atoms with van der Waals surface area (Å²) in [5.41, 5.74) is 5.69. The van der Waals surface area contributed by atoms with Gasteiger partial charge in [-0.3, -0.25) is 14.9 Å². The molecule has 1 aromatic carbocycles. The van der Waals surface area contributed by atoms with Gasteiger partial charge in [-0.15, -0.1) is 0 Å². The second kappa shape index (κ2) is 6.81. The van der Waals surface area contributed by atoms with Crippen molar-refractivity contribution < 1.29 is 9.72 Å². The number of carbonyl (C=O) groups excluding carboxylic acids is 1. The van der Waals surface area contributed by atoms with Crippen LogP contribution in [0.2, 0.25) is 0 Å². The molecule has 0 heterocycles. The van der Waals surface area contributed by atoms with E-state index in [9.17, 15) is 14.9 Å². The molecule has 19 heavy (non-hydrogen) atoms. The standard InChI is InChI=1S/C12H18N4O3/c1-15(2)6-5-14-8-10-4-3-9(12(13)17)7-11(10)16(18)19/h3-4,7,14H,5-6,8H2,1-2H3,(H2,13,17). The summed E-state index contributed by atoms with van der Waals surface area (Å²) in [6.45, 7) is 1.94. The monoisotopic (exact) mass is 266 g/mol. The molecule has 0 saturated carbocycles. The Hall–Kier alpha value is -1.99. The average Bonchev–Trinajstić information content (AvgIpc) is 2.34. The molecule has 0 bridgehead atoms. The van der Waals surface area contributed by atoms with Crippen molar-refractivity contribution in [3.8, 4) is 0 Å². The highest BCUT2D eigenvalue weighted by Gasteiger charge is 2.15. The van der Waals surface area contributed by atoms with E-state index in [1.807, 2.05) is 19.0 Å². The molecule has 1 amide bonds. The summed E-state index contributed by atoms with van der Waals surface area (Å²) in [5, 5.41) is 14.1. The number of hydrogen-bond acceptors (Lipinski definition) is 5. The smallest absolute Gasteiger partial charge is 0.274 e. The first-order valence-corrected chi connectivity index (χ1v) is 5.84. The molecule has 0 aliphatic rings. The van der Waals surface area contributed by atoms with E-state index in [1.165, 1.54) is 12.1 Å². The van der Waals surface area contributed by atoms with E-state index in [4.69, 9.17) is 5.73 Å². The molecule has 7 heteroatoms. The zero-order valence-electron chi connectivity index (χ0n) is 11.0. The fraction of sp³-hybridized carbons (Fsp3) is 0.417. The Bertz CT molecular complexity index is 474. The quantitative estimate of drug-likeness (QED) is 0.421. The lowest BCUT2D eigenvalue weighted by Crippen LogP contribution is -2.26. The Kier molecular flexibility index (Phi) is 5.40. The highest BCUT2D eigenvalue weighted by Crippen LogP contribution is 2.20. The Morgan fingerprint density at radius 3 is 2.68 bits per heavy atom. The maximum absolute atomic E-state index is 11.0. The van der Waals surface area contributed by atoms with Gasteiger partial charge in [0, 0.05) is 36.8 Å². The topological polar surface area (TPSA) is 102 Å². The summed E-state index contributed by atoms with van der Waals surface area (Å²) in [7, 11) is 3.90. The van der Waals surface area contributed by atoms with Crippen molar-refractivity contribution in [1.29, 1.82) is 0 Å². The van der Waals surface area contributed by atoms with Gasteiger partial charge in [0.25, 0.3) is 5.69 Å². The first-order chi connectivity index (χ1) is 8.91. The van der Waals surface area contributed by atoms with Crippen LogP contribution >= 0.6 is 0 Å². The first kappa shape index (κ1) is 15.1. The number of primary amides is 1. The summed E-state index contributed by atoms with van der Waals surface area (Å²) >= 11 is 0. The van der Waals surface area contributed by atoms with Gasteiger partial charge in [-0.05, 0) is 20.2 Å². The Morgan fingerprint density at radius 2 is 2.16 bits per heavy atom. The number of hydrogen-bond donors (Lipinski definition) is 2. The van der Waals surface area contributed by atoms with Gasteiger partial charge in [-0.1, -0.05) is 6.07 Å². The molecular formula is C12H18N4O3. The van der Waals surface area contributed by atoms with E-state index in [-0.39, 0.29) is 11.3 Å². The zero-order chi connectivity index (χ0) is 14.4. The second-order valence-electron chi connectivity index (χ2n) is 4.44. The van der Waals surface area contributed by atoms with Gasteiger partial charge in [0.1, 0.15) is 0 Å². The van der Waals surface area contributed by atoms with E-state index >= 15 is 0 Å². The number of likely N-dealkylation sites (N-methyl/N-ethyl adjacent to an activating group) is 1. The van der Waals surface area contributed by atoms with Crippen molar-refractivity contribution >= 4 is 11.6 Å². The number of nitrogens with two attached hydrogens (primary N) is 1. The van der Waals surface area contributed by atoms with E-state index in [0.29, 0.717) is 12.1 Å². The summed E-state index contributed by atoms with van der Waals surface area (Å²) in [4.78, 5) is 23.5. The molecule has 0 aliphatic heterocycles. The summed E-state index contributed by atoms with van der Waals surface area (Å²) < 4.78 is 0. The molecule has 0 aromatic heterocycles. The van der Waals surface area contributed by atoms with Crippen LogP contribution in [0.25, 0.3) is 0 Å². The second-order valence-corrected chi connectivity index (χ2v) is 4.44. The van der Waals surface area contributed by atoms with Crippen molar-refractivity contribution in [2.24, 2.45) is 5.73 Å². The maximum atomic E-state index is 11.0. The fourth-order valence-electron chi connectivity index (χ4n) is 1.56. The molecule has 1 rings (SSSR count). The van der Waals surface area contributed by atoms with E-state index in [2.05, 4.69) is 5.32 Å². The third kappa shape index (κ3) is 4.65. The van der Waals surface area contributed by atoms with Crippen molar-refractivity contribution in [3.63, 3.8) is 0 Å². The first-order valence-electron chi connectivity index (χ1n) is 5.84. The van der Waals surface area contributed by atoms with Crippen molar-refractivity contribution in [2.45, 2.75) is 6.54 Å². The third-order valence-corrected chi connectivity index (χ3v) is 2.62. The predicted molar refractivity (Wildman–Crippen MR) is 71.9 cm³/mol.